The number of methoxy groups -OCH3 is 2. The van der Waals surface area contributed by atoms with Crippen LogP contribution in [0.1, 0.15) is 24.0 Å². The molecule has 2 N–H and O–H groups in total. The molecule has 1 aromatic rings. The van der Waals surface area contributed by atoms with Gasteiger partial charge in [0.15, 0.2) is 0 Å². The van der Waals surface area contributed by atoms with E-state index in [0.29, 0.717) is 0 Å². The first kappa shape index (κ1) is 15.6. The number of anilines is 1. The third-order valence-corrected chi connectivity index (χ3v) is 3.39. The van der Waals surface area contributed by atoms with Crippen molar-refractivity contribution in [1.29, 1.82) is 0 Å². The lowest BCUT2D eigenvalue weighted by molar-refractivity contribution is 0.399. The Balaban J connectivity index is 2.78. The number of hydrogen-bond donors (Lipinski definition) is 2. The molecule has 0 bridgehead atoms. The van der Waals surface area contributed by atoms with Crippen LogP contribution < -0.4 is 20.1 Å². The fraction of sp³-hybridized carbons (Fsp3) is 0.600. The molecule has 0 radical (unpaired) electrons. The number of hydrogen-bond acceptors (Lipinski definition) is 4. The number of ether oxygens (including phenoxy) is 2. The van der Waals surface area contributed by atoms with Crippen molar-refractivity contribution in [3.63, 3.8) is 0 Å². The van der Waals surface area contributed by atoms with Gasteiger partial charge in [0.2, 0.25) is 0 Å². The lowest BCUT2D eigenvalue weighted by Crippen LogP contribution is -2.11. The highest BCUT2D eigenvalue weighted by Crippen LogP contribution is 2.36. The third-order valence-electron chi connectivity index (χ3n) is 3.39. The molecule has 0 aliphatic heterocycles. The fourth-order valence-corrected chi connectivity index (χ4v) is 2.12. The third kappa shape index (κ3) is 4.03. The van der Waals surface area contributed by atoms with E-state index in [1.54, 1.807) is 14.2 Å². The average molecular weight is 266 g/mol. The minimum Gasteiger partial charge on any atom is -0.496 e. The van der Waals surface area contributed by atoms with Crippen LogP contribution in [-0.4, -0.2) is 34.4 Å². The molecule has 1 rings (SSSR count). The van der Waals surface area contributed by atoms with Crippen molar-refractivity contribution in [3.05, 3.63) is 17.2 Å². The summed E-state index contributed by atoms with van der Waals surface area (Å²) in [6.45, 7) is 6.09. The van der Waals surface area contributed by atoms with Crippen LogP contribution in [0.15, 0.2) is 6.07 Å². The average Bonchev–Trinajstić information content (AvgIpc) is 2.42. The van der Waals surface area contributed by atoms with E-state index in [1.807, 2.05) is 20.0 Å². The van der Waals surface area contributed by atoms with Crippen LogP contribution in [-0.2, 0) is 0 Å². The summed E-state index contributed by atoms with van der Waals surface area (Å²) in [4.78, 5) is 0. The van der Waals surface area contributed by atoms with E-state index >= 15 is 0 Å². The Morgan fingerprint density at radius 2 is 1.68 bits per heavy atom. The van der Waals surface area contributed by atoms with Gasteiger partial charge in [-0.1, -0.05) is 0 Å². The molecule has 4 nitrogen and oxygen atoms in total. The maximum Gasteiger partial charge on any atom is 0.145 e. The maximum absolute atomic E-state index is 5.50. The molecule has 0 atom stereocenters. The van der Waals surface area contributed by atoms with Gasteiger partial charge in [-0.3, -0.25) is 0 Å². The van der Waals surface area contributed by atoms with Gasteiger partial charge >= 0.3 is 0 Å². The highest BCUT2D eigenvalue weighted by molar-refractivity contribution is 5.66. The SMILES string of the molecule is CNCCCCNc1cc(OC)c(C)c(C)c1OC. The molecule has 0 aromatic heterocycles. The zero-order valence-electron chi connectivity index (χ0n) is 12.7. The molecule has 0 aliphatic rings. The van der Waals surface area contributed by atoms with Crippen molar-refractivity contribution < 1.29 is 9.47 Å². The summed E-state index contributed by atoms with van der Waals surface area (Å²) >= 11 is 0. The van der Waals surface area contributed by atoms with Crippen molar-refractivity contribution >= 4 is 5.69 Å². The van der Waals surface area contributed by atoms with Crippen LogP contribution in [0.3, 0.4) is 0 Å². The topological polar surface area (TPSA) is 42.5 Å². The Bertz CT molecular complexity index is 406. The molecule has 0 saturated heterocycles. The second-order valence-electron chi connectivity index (χ2n) is 4.65. The first-order chi connectivity index (χ1) is 9.15. The lowest BCUT2D eigenvalue weighted by Gasteiger charge is -2.17. The Hall–Kier alpha value is -1.42. The van der Waals surface area contributed by atoms with Gasteiger partial charge in [0.05, 0.1) is 19.9 Å². The standard InChI is InChI=1S/C15H26N2O2/c1-11-12(2)15(19-5)13(10-14(11)18-4)17-9-7-6-8-16-3/h10,16-17H,6-9H2,1-5H3. The first-order valence-electron chi connectivity index (χ1n) is 6.76. The van der Waals surface area contributed by atoms with Crippen molar-refractivity contribution in [2.45, 2.75) is 26.7 Å². The maximum atomic E-state index is 5.50. The summed E-state index contributed by atoms with van der Waals surface area (Å²) < 4.78 is 10.9. The molecule has 0 amide bonds. The molecular formula is C15H26N2O2. The van der Waals surface area contributed by atoms with Crippen LogP contribution in [0.2, 0.25) is 0 Å². The number of rotatable bonds is 8. The smallest absolute Gasteiger partial charge is 0.145 e. The van der Waals surface area contributed by atoms with E-state index in [-0.39, 0.29) is 0 Å². The van der Waals surface area contributed by atoms with Gasteiger partial charge in [-0.2, -0.15) is 0 Å². The highest BCUT2D eigenvalue weighted by Gasteiger charge is 2.13. The van der Waals surface area contributed by atoms with Crippen LogP contribution in [0.25, 0.3) is 0 Å². The molecule has 1 aromatic carbocycles. The highest BCUT2D eigenvalue weighted by atomic mass is 16.5. The van der Waals surface area contributed by atoms with E-state index in [9.17, 15) is 0 Å². The minimum atomic E-state index is 0.899. The van der Waals surface area contributed by atoms with E-state index in [4.69, 9.17) is 9.47 Å². The van der Waals surface area contributed by atoms with Crippen molar-refractivity contribution in [2.75, 3.05) is 39.7 Å². The number of unbranched alkanes of at least 4 members (excludes halogenated alkanes) is 1. The molecular weight excluding hydrogens is 240 g/mol. The molecule has 0 fully saturated rings. The van der Waals surface area contributed by atoms with Gasteiger partial charge in [0.1, 0.15) is 11.5 Å². The lowest BCUT2D eigenvalue weighted by atomic mass is 10.1. The van der Waals surface area contributed by atoms with Gasteiger partial charge < -0.3 is 20.1 Å². The largest absolute Gasteiger partial charge is 0.496 e. The van der Waals surface area contributed by atoms with Gasteiger partial charge in [-0.15, -0.1) is 0 Å². The van der Waals surface area contributed by atoms with Crippen molar-refractivity contribution in [1.82, 2.24) is 5.32 Å². The van der Waals surface area contributed by atoms with Crippen LogP contribution in [0, 0.1) is 13.8 Å². The van der Waals surface area contributed by atoms with Crippen LogP contribution in [0.5, 0.6) is 11.5 Å². The second kappa shape index (κ2) is 7.89. The summed E-state index contributed by atoms with van der Waals surface area (Å²) in [5.41, 5.74) is 3.26. The fourth-order valence-electron chi connectivity index (χ4n) is 2.12. The number of benzene rings is 1. The minimum absolute atomic E-state index is 0.899. The summed E-state index contributed by atoms with van der Waals surface area (Å²) in [5, 5.41) is 6.58. The Morgan fingerprint density at radius 1 is 1.00 bits per heavy atom. The van der Waals surface area contributed by atoms with Gasteiger partial charge in [-0.25, -0.2) is 0 Å². The second-order valence-corrected chi connectivity index (χ2v) is 4.65. The van der Waals surface area contributed by atoms with Crippen molar-refractivity contribution in [3.8, 4) is 11.5 Å². The predicted molar refractivity (Wildman–Crippen MR) is 80.7 cm³/mol. The summed E-state index contributed by atoms with van der Waals surface area (Å²) in [7, 11) is 5.38. The Kier molecular flexibility index (Phi) is 6.50. The van der Waals surface area contributed by atoms with E-state index in [1.165, 1.54) is 0 Å². The molecule has 0 saturated carbocycles. The number of nitrogens with one attached hydrogen (secondary N) is 2. The first-order valence-corrected chi connectivity index (χ1v) is 6.76. The molecule has 0 unspecified atom stereocenters. The molecule has 0 spiro atoms. The zero-order chi connectivity index (χ0) is 14.3. The molecule has 4 heteroatoms. The summed E-state index contributed by atoms with van der Waals surface area (Å²) in [6.07, 6.45) is 2.28. The molecule has 0 heterocycles. The van der Waals surface area contributed by atoms with Crippen molar-refractivity contribution in [2.24, 2.45) is 0 Å². The molecule has 0 aliphatic carbocycles. The zero-order valence-corrected chi connectivity index (χ0v) is 12.7. The Labute approximate surface area is 116 Å². The van der Waals surface area contributed by atoms with E-state index in [2.05, 4.69) is 17.6 Å². The normalized spacial score (nSPS) is 10.4. The predicted octanol–water partition coefficient (Wildman–Crippen LogP) is 2.73. The van der Waals surface area contributed by atoms with E-state index in [0.717, 1.165) is 54.2 Å². The van der Waals surface area contributed by atoms with Crippen LogP contribution >= 0.6 is 0 Å². The van der Waals surface area contributed by atoms with Gasteiger partial charge in [-0.05, 0) is 51.4 Å². The van der Waals surface area contributed by atoms with Gasteiger partial charge in [0, 0.05) is 12.6 Å². The van der Waals surface area contributed by atoms with E-state index < -0.39 is 0 Å². The Morgan fingerprint density at radius 3 is 2.26 bits per heavy atom. The molecule has 108 valence electrons. The molecule has 19 heavy (non-hydrogen) atoms. The van der Waals surface area contributed by atoms with Gasteiger partial charge in [0.25, 0.3) is 0 Å². The summed E-state index contributed by atoms with van der Waals surface area (Å²) in [5.74, 6) is 1.81. The van der Waals surface area contributed by atoms with Crippen LogP contribution in [0.4, 0.5) is 5.69 Å². The summed E-state index contributed by atoms with van der Waals surface area (Å²) in [6, 6.07) is 2.01. The monoisotopic (exact) mass is 266 g/mol. The quantitative estimate of drug-likeness (QED) is 0.710.